The monoisotopic (exact) mass is 174 g/mol. The van der Waals surface area contributed by atoms with Gasteiger partial charge in [-0.05, 0) is 18.8 Å². The lowest BCUT2D eigenvalue weighted by Crippen LogP contribution is -2.44. The summed E-state index contributed by atoms with van der Waals surface area (Å²) in [5.41, 5.74) is 2.79. The Balaban J connectivity index is 3.79. The number of nitrogens with two attached hydrogens (primary N) is 1. The van der Waals surface area contributed by atoms with E-state index in [1.54, 1.807) is 0 Å². The second-order valence-electron chi connectivity index (χ2n) is 3.54. The molecule has 74 valence electrons. The average Bonchev–Trinajstić information content (AvgIpc) is 2.05. The van der Waals surface area contributed by atoms with Gasteiger partial charge in [0.25, 0.3) is 0 Å². The third kappa shape index (κ3) is 4.04. The molecule has 0 rings (SSSR count). The highest BCUT2D eigenvalue weighted by molar-refractivity contribution is 4.72. The highest BCUT2D eigenvalue weighted by Gasteiger charge is 2.18. The molecular weight excluding hydrogens is 152 g/mol. The predicted octanol–water partition coefficient (Wildman–Crippen LogP) is 1.15. The molecule has 0 aliphatic carbocycles. The lowest BCUT2D eigenvalue weighted by molar-refractivity contribution is 0.0962. The number of ether oxygens (including phenoxy) is 1. The number of rotatable bonds is 6. The first-order chi connectivity index (χ1) is 5.63. The van der Waals surface area contributed by atoms with Crippen molar-refractivity contribution in [2.75, 3.05) is 13.2 Å². The summed E-state index contributed by atoms with van der Waals surface area (Å²) in [5, 5.41) is 0. The Labute approximate surface area is 75.6 Å². The van der Waals surface area contributed by atoms with E-state index in [1.807, 2.05) is 6.92 Å². The van der Waals surface area contributed by atoms with Crippen LogP contribution < -0.4 is 11.3 Å². The second kappa shape index (κ2) is 6.40. The molecule has 0 heterocycles. The first-order valence-electron chi connectivity index (χ1n) is 4.67. The number of hydrazine groups is 1. The van der Waals surface area contributed by atoms with Crippen LogP contribution >= 0.6 is 0 Å². The Kier molecular flexibility index (Phi) is 6.34. The summed E-state index contributed by atoms with van der Waals surface area (Å²) in [6.45, 7) is 10.0. The summed E-state index contributed by atoms with van der Waals surface area (Å²) in [7, 11) is 0. The van der Waals surface area contributed by atoms with Crippen LogP contribution in [0, 0.1) is 11.8 Å². The topological polar surface area (TPSA) is 47.3 Å². The molecule has 3 heteroatoms. The van der Waals surface area contributed by atoms with E-state index in [-0.39, 0.29) is 6.04 Å². The van der Waals surface area contributed by atoms with Gasteiger partial charge in [0, 0.05) is 12.6 Å². The number of hydrogen-bond donors (Lipinski definition) is 2. The molecule has 0 radical (unpaired) electrons. The SMILES string of the molecule is CCOCC(NN)C(C)C(C)C. The third-order valence-electron chi connectivity index (χ3n) is 2.40. The van der Waals surface area contributed by atoms with Crippen LogP contribution in [0.25, 0.3) is 0 Å². The van der Waals surface area contributed by atoms with E-state index < -0.39 is 0 Å². The van der Waals surface area contributed by atoms with Crippen LogP contribution in [0.5, 0.6) is 0 Å². The fourth-order valence-corrected chi connectivity index (χ4v) is 1.06. The van der Waals surface area contributed by atoms with E-state index in [2.05, 4.69) is 26.2 Å². The molecule has 0 saturated heterocycles. The minimum absolute atomic E-state index is 0.268. The van der Waals surface area contributed by atoms with Gasteiger partial charge in [-0.2, -0.15) is 0 Å². The van der Waals surface area contributed by atoms with Crippen LogP contribution in [-0.2, 0) is 4.74 Å². The zero-order valence-corrected chi connectivity index (χ0v) is 8.63. The first kappa shape index (κ1) is 11.9. The largest absolute Gasteiger partial charge is 0.380 e. The second-order valence-corrected chi connectivity index (χ2v) is 3.54. The highest BCUT2D eigenvalue weighted by Crippen LogP contribution is 2.14. The molecule has 0 aromatic rings. The Morgan fingerprint density at radius 3 is 2.25 bits per heavy atom. The van der Waals surface area contributed by atoms with Gasteiger partial charge >= 0.3 is 0 Å². The fourth-order valence-electron chi connectivity index (χ4n) is 1.06. The maximum atomic E-state index is 5.42. The lowest BCUT2D eigenvalue weighted by atomic mass is 9.91. The van der Waals surface area contributed by atoms with Crippen molar-refractivity contribution >= 4 is 0 Å². The van der Waals surface area contributed by atoms with Crippen LogP contribution in [0.1, 0.15) is 27.7 Å². The van der Waals surface area contributed by atoms with Gasteiger partial charge < -0.3 is 4.74 Å². The predicted molar refractivity (Wildman–Crippen MR) is 51.6 cm³/mol. The van der Waals surface area contributed by atoms with Crippen molar-refractivity contribution in [2.45, 2.75) is 33.7 Å². The van der Waals surface area contributed by atoms with E-state index in [4.69, 9.17) is 10.6 Å². The zero-order valence-electron chi connectivity index (χ0n) is 8.63. The molecule has 12 heavy (non-hydrogen) atoms. The molecule has 0 aliphatic heterocycles. The van der Waals surface area contributed by atoms with Crippen molar-refractivity contribution in [3.05, 3.63) is 0 Å². The summed E-state index contributed by atoms with van der Waals surface area (Å²) >= 11 is 0. The number of nitrogens with one attached hydrogen (secondary N) is 1. The molecule has 2 atom stereocenters. The fraction of sp³-hybridized carbons (Fsp3) is 1.00. The van der Waals surface area contributed by atoms with Crippen molar-refractivity contribution in [1.82, 2.24) is 5.43 Å². The lowest BCUT2D eigenvalue weighted by Gasteiger charge is -2.25. The highest BCUT2D eigenvalue weighted by atomic mass is 16.5. The van der Waals surface area contributed by atoms with Crippen LogP contribution in [0.4, 0.5) is 0 Å². The molecule has 0 aromatic carbocycles. The van der Waals surface area contributed by atoms with Gasteiger partial charge in [-0.3, -0.25) is 11.3 Å². The summed E-state index contributed by atoms with van der Waals surface area (Å²) in [6, 6.07) is 0.268. The molecule has 0 aliphatic rings. The molecule has 3 N–H and O–H groups in total. The molecule has 0 fully saturated rings. The van der Waals surface area contributed by atoms with E-state index in [1.165, 1.54) is 0 Å². The molecular formula is C9H22N2O. The Morgan fingerprint density at radius 1 is 1.33 bits per heavy atom. The van der Waals surface area contributed by atoms with Gasteiger partial charge in [-0.15, -0.1) is 0 Å². The average molecular weight is 174 g/mol. The van der Waals surface area contributed by atoms with Gasteiger partial charge in [0.1, 0.15) is 0 Å². The van der Waals surface area contributed by atoms with Gasteiger partial charge in [0.05, 0.1) is 6.61 Å². The molecule has 0 bridgehead atoms. The van der Waals surface area contributed by atoms with Crippen LogP contribution in [0.2, 0.25) is 0 Å². The van der Waals surface area contributed by atoms with E-state index in [9.17, 15) is 0 Å². The van der Waals surface area contributed by atoms with E-state index >= 15 is 0 Å². The van der Waals surface area contributed by atoms with Gasteiger partial charge in [-0.25, -0.2) is 0 Å². The molecule has 0 amide bonds. The quantitative estimate of drug-likeness (QED) is 0.469. The normalized spacial score (nSPS) is 16.5. The van der Waals surface area contributed by atoms with Crippen LogP contribution in [-0.4, -0.2) is 19.3 Å². The molecule has 0 saturated carbocycles. The molecule has 0 aromatic heterocycles. The van der Waals surface area contributed by atoms with Gasteiger partial charge in [-0.1, -0.05) is 20.8 Å². The van der Waals surface area contributed by atoms with Crippen molar-refractivity contribution in [3.63, 3.8) is 0 Å². The maximum Gasteiger partial charge on any atom is 0.0635 e. The summed E-state index contributed by atoms with van der Waals surface area (Å²) in [4.78, 5) is 0. The standard InChI is InChI=1S/C9H22N2O/c1-5-12-6-9(11-10)8(4)7(2)3/h7-9,11H,5-6,10H2,1-4H3. The minimum atomic E-state index is 0.268. The van der Waals surface area contributed by atoms with Crippen molar-refractivity contribution in [1.29, 1.82) is 0 Å². The van der Waals surface area contributed by atoms with Gasteiger partial charge in [0.15, 0.2) is 0 Å². The van der Waals surface area contributed by atoms with Crippen molar-refractivity contribution in [3.8, 4) is 0 Å². The van der Waals surface area contributed by atoms with Crippen LogP contribution in [0.15, 0.2) is 0 Å². The van der Waals surface area contributed by atoms with Crippen LogP contribution in [0.3, 0.4) is 0 Å². The van der Waals surface area contributed by atoms with Gasteiger partial charge in [0.2, 0.25) is 0 Å². The Bertz CT molecular complexity index is 107. The summed E-state index contributed by atoms with van der Waals surface area (Å²) in [5.74, 6) is 6.60. The Morgan fingerprint density at radius 2 is 1.92 bits per heavy atom. The molecule has 0 spiro atoms. The summed E-state index contributed by atoms with van der Waals surface area (Å²) in [6.07, 6.45) is 0. The Hall–Kier alpha value is -0.120. The molecule has 3 nitrogen and oxygen atoms in total. The first-order valence-corrected chi connectivity index (χ1v) is 4.67. The molecule has 2 unspecified atom stereocenters. The zero-order chi connectivity index (χ0) is 9.56. The maximum absolute atomic E-state index is 5.42. The van der Waals surface area contributed by atoms with Crippen molar-refractivity contribution < 1.29 is 4.74 Å². The summed E-state index contributed by atoms with van der Waals surface area (Å²) < 4.78 is 5.32. The van der Waals surface area contributed by atoms with E-state index in [0.29, 0.717) is 18.4 Å². The smallest absolute Gasteiger partial charge is 0.0635 e. The minimum Gasteiger partial charge on any atom is -0.380 e. The third-order valence-corrected chi connectivity index (χ3v) is 2.40. The van der Waals surface area contributed by atoms with E-state index in [0.717, 1.165) is 6.61 Å². The number of hydrogen-bond acceptors (Lipinski definition) is 3. The van der Waals surface area contributed by atoms with Crippen molar-refractivity contribution in [2.24, 2.45) is 17.7 Å².